The van der Waals surface area contributed by atoms with Crippen LogP contribution in [-0.2, 0) is 5.54 Å². The van der Waals surface area contributed by atoms with Gasteiger partial charge in [-0.2, -0.15) is 0 Å². The zero-order valence-corrected chi connectivity index (χ0v) is 14.2. The van der Waals surface area contributed by atoms with Gasteiger partial charge in [-0.1, -0.05) is 38.1 Å². The molecule has 0 fully saturated rings. The molecule has 22 heavy (non-hydrogen) atoms. The first kappa shape index (κ1) is 16.4. The summed E-state index contributed by atoms with van der Waals surface area (Å²) in [4.78, 5) is 0. The van der Waals surface area contributed by atoms with E-state index in [-0.39, 0.29) is 5.54 Å². The minimum absolute atomic E-state index is 0.135. The Morgan fingerprint density at radius 1 is 0.909 bits per heavy atom. The molecule has 0 radical (unpaired) electrons. The predicted molar refractivity (Wildman–Crippen MR) is 97.3 cm³/mol. The van der Waals surface area contributed by atoms with Crippen LogP contribution in [0.4, 0.5) is 11.4 Å². The third-order valence-corrected chi connectivity index (χ3v) is 4.46. The Hall–Kier alpha value is -1.96. The quantitative estimate of drug-likeness (QED) is 0.689. The lowest BCUT2D eigenvalue weighted by atomic mass is 9.92. The lowest BCUT2D eigenvalue weighted by Gasteiger charge is -2.28. The molecule has 0 spiro atoms. The fourth-order valence-corrected chi connectivity index (χ4v) is 2.93. The molecule has 2 aromatic rings. The van der Waals surface area contributed by atoms with E-state index in [1.54, 1.807) is 0 Å². The number of rotatable bonds is 6. The van der Waals surface area contributed by atoms with Crippen molar-refractivity contribution >= 4 is 11.4 Å². The minimum atomic E-state index is -0.135. The second-order valence-corrected chi connectivity index (χ2v) is 6.51. The molecule has 2 aromatic carbocycles. The Kier molecular flexibility index (Phi) is 5.12. The van der Waals surface area contributed by atoms with E-state index in [0.29, 0.717) is 5.92 Å². The standard InChI is InChI=1S/C20H28N2/c1-5-15(6-2)16-7-13-19(14-8-16)22-20(3,4)17-9-11-18(21)12-10-17/h7-15,22H,5-6,21H2,1-4H3. The van der Waals surface area contributed by atoms with E-state index in [0.717, 1.165) is 11.4 Å². The molecule has 0 saturated carbocycles. The van der Waals surface area contributed by atoms with Crippen molar-refractivity contribution in [3.63, 3.8) is 0 Å². The molecule has 0 aliphatic rings. The fourth-order valence-electron chi connectivity index (χ4n) is 2.93. The van der Waals surface area contributed by atoms with Crippen molar-refractivity contribution in [2.75, 3.05) is 11.1 Å². The number of nitrogen functional groups attached to an aromatic ring is 1. The van der Waals surface area contributed by atoms with E-state index < -0.39 is 0 Å². The van der Waals surface area contributed by atoms with Gasteiger partial charge in [0.2, 0.25) is 0 Å². The molecule has 2 rings (SSSR count). The first-order valence-corrected chi connectivity index (χ1v) is 8.20. The smallest absolute Gasteiger partial charge is 0.0569 e. The van der Waals surface area contributed by atoms with E-state index >= 15 is 0 Å². The lowest BCUT2D eigenvalue weighted by Crippen LogP contribution is -2.27. The monoisotopic (exact) mass is 296 g/mol. The summed E-state index contributed by atoms with van der Waals surface area (Å²) in [6, 6.07) is 16.9. The van der Waals surface area contributed by atoms with Crippen LogP contribution in [0, 0.1) is 0 Å². The highest BCUT2D eigenvalue weighted by atomic mass is 15.0. The molecule has 0 atom stereocenters. The van der Waals surface area contributed by atoms with Crippen molar-refractivity contribution < 1.29 is 0 Å². The number of nitrogens with one attached hydrogen (secondary N) is 1. The predicted octanol–water partition coefficient (Wildman–Crippen LogP) is 5.52. The van der Waals surface area contributed by atoms with Gasteiger partial charge in [0.15, 0.2) is 0 Å². The Morgan fingerprint density at radius 3 is 1.95 bits per heavy atom. The van der Waals surface area contributed by atoms with Crippen LogP contribution in [0.3, 0.4) is 0 Å². The van der Waals surface area contributed by atoms with Crippen LogP contribution < -0.4 is 11.1 Å². The van der Waals surface area contributed by atoms with Crippen LogP contribution >= 0.6 is 0 Å². The van der Waals surface area contributed by atoms with Crippen molar-refractivity contribution in [1.29, 1.82) is 0 Å². The van der Waals surface area contributed by atoms with E-state index in [9.17, 15) is 0 Å². The van der Waals surface area contributed by atoms with Crippen LogP contribution in [0.5, 0.6) is 0 Å². The van der Waals surface area contributed by atoms with Crippen LogP contribution in [0.2, 0.25) is 0 Å². The first-order chi connectivity index (χ1) is 10.5. The highest BCUT2D eigenvalue weighted by Gasteiger charge is 2.20. The summed E-state index contributed by atoms with van der Waals surface area (Å²) in [7, 11) is 0. The van der Waals surface area contributed by atoms with Crippen molar-refractivity contribution in [3.8, 4) is 0 Å². The Labute approximate surface area is 134 Å². The summed E-state index contributed by atoms with van der Waals surface area (Å²) in [5.74, 6) is 0.666. The maximum atomic E-state index is 5.77. The SMILES string of the molecule is CCC(CC)c1ccc(NC(C)(C)c2ccc(N)cc2)cc1. The van der Waals surface area contributed by atoms with Gasteiger partial charge < -0.3 is 11.1 Å². The van der Waals surface area contributed by atoms with Crippen LogP contribution in [0.25, 0.3) is 0 Å². The molecule has 0 unspecified atom stereocenters. The van der Waals surface area contributed by atoms with Gasteiger partial charge in [-0.25, -0.2) is 0 Å². The summed E-state index contributed by atoms with van der Waals surface area (Å²) >= 11 is 0. The van der Waals surface area contributed by atoms with E-state index in [1.807, 2.05) is 12.1 Å². The molecule has 0 aliphatic heterocycles. The highest BCUT2D eigenvalue weighted by molar-refractivity contribution is 5.50. The lowest BCUT2D eigenvalue weighted by molar-refractivity contribution is 0.609. The average molecular weight is 296 g/mol. The number of anilines is 2. The maximum Gasteiger partial charge on any atom is 0.0569 e. The van der Waals surface area contributed by atoms with Gasteiger partial charge in [-0.3, -0.25) is 0 Å². The number of nitrogens with two attached hydrogens (primary N) is 1. The molecule has 0 aliphatic carbocycles. The third kappa shape index (κ3) is 3.82. The van der Waals surface area contributed by atoms with Gasteiger partial charge in [0, 0.05) is 11.4 Å². The Bertz CT molecular complexity index is 578. The second kappa shape index (κ2) is 6.87. The topological polar surface area (TPSA) is 38.0 Å². The van der Waals surface area contributed by atoms with Crippen LogP contribution in [0.15, 0.2) is 48.5 Å². The number of hydrogen-bond acceptors (Lipinski definition) is 2. The van der Waals surface area contributed by atoms with Gasteiger partial charge in [0.05, 0.1) is 5.54 Å². The van der Waals surface area contributed by atoms with E-state index in [2.05, 4.69) is 69.4 Å². The Morgan fingerprint density at radius 2 is 1.45 bits per heavy atom. The molecule has 0 saturated heterocycles. The molecule has 118 valence electrons. The minimum Gasteiger partial charge on any atom is -0.399 e. The zero-order chi connectivity index (χ0) is 16.2. The molecule has 0 heterocycles. The summed E-state index contributed by atoms with van der Waals surface area (Å²) in [5, 5.41) is 3.62. The maximum absolute atomic E-state index is 5.77. The van der Waals surface area contributed by atoms with Gasteiger partial charge in [-0.05, 0) is 68.0 Å². The van der Waals surface area contributed by atoms with Gasteiger partial charge >= 0.3 is 0 Å². The van der Waals surface area contributed by atoms with E-state index in [4.69, 9.17) is 5.73 Å². The number of benzene rings is 2. The summed E-state index contributed by atoms with van der Waals surface area (Å²) in [6.07, 6.45) is 2.39. The normalized spacial score (nSPS) is 11.7. The molecule has 0 amide bonds. The fraction of sp³-hybridized carbons (Fsp3) is 0.400. The second-order valence-electron chi connectivity index (χ2n) is 6.51. The molecule has 2 nitrogen and oxygen atoms in total. The molecule has 2 heteroatoms. The molecular weight excluding hydrogens is 268 g/mol. The van der Waals surface area contributed by atoms with Crippen LogP contribution in [0.1, 0.15) is 57.6 Å². The Balaban J connectivity index is 2.14. The largest absolute Gasteiger partial charge is 0.399 e. The molecule has 0 aromatic heterocycles. The summed E-state index contributed by atoms with van der Waals surface area (Å²) < 4.78 is 0. The zero-order valence-electron chi connectivity index (χ0n) is 14.2. The summed E-state index contributed by atoms with van der Waals surface area (Å²) in [6.45, 7) is 8.88. The van der Waals surface area contributed by atoms with Gasteiger partial charge in [0.25, 0.3) is 0 Å². The van der Waals surface area contributed by atoms with E-state index in [1.165, 1.54) is 24.0 Å². The van der Waals surface area contributed by atoms with Crippen molar-refractivity contribution in [2.24, 2.45) is 0 Å². The van der Waals surface area contributed by atoms with Crippen molar-refractivity contribution in [3.05, 3.63) is 59.7 Å². The first-order valence-electron chi connectivity index (χ1n) is 8.20. The average Bonchev–Trinajstić information content (AvgIpc) is 2.50. The molecular formula is C20H28N2. The van der Waals surface area contributed by atoms with Gasteiger partial charge in [-0.15, -0.1) is 0 Å². The van der Waals surface area contributed by atoms with Crippen LogP contribution in [-0.4, -0.2) is 0 Å². The highest BCUT2D eigenvalue weighted by Crippen LogP contribution is 2.28. The molecule has 3 N–H and O–H groups in total. The summed E-state index contributed by atoms with van der Waals surface area (Å²) in [5.41, 5.74) is 10.2. The van der Waals surface area contributed by atoms with Gasteiger partial charge in [0.1, 0.15) is 0 Å². The van der Waals surface area contributed by atoms with Crippen molar-refractivity contribution in [1.82, 2.24) is 0 Å². The molecule has 0 bridgehead atoms. The number of hydrogen-bond donors (Lipinski definition) is 2. The third-order valence-electron chi connectivity index (χ3n) is 4.46. The van der Waals surface area contributed by atoms with Crippen molar-refractivity contribution in [2.45, 2.75) is 52.0 Å².